The number of benzene rings is 1. The van der Waals surface area contributed by atoms with E-state index in [0.29, 0.717) is 6.04 Å². The van der Waals surface area contributed by atoms with Crippen molar-refractivity contribution in [2.45, 2.75) is 69.1 Å². The maximum Gasteiger partial charge on any atom is 0.120 e. The maximum atomic E-state index is 9.79. The van der Waals surface area contributed by atoms with Crippen LogP contribution in [-0.4, -0.2) is 29.4 Å². The van der Waals surface area contributed by atoms with Crippen molar-refractivity contribution in [3.63, 3.8) is 0 Å². The average Bonchev–Trinajstić information content (AvgIpc) is 3.02. The van der Waals surface area contributed by atoms with Gasteiger partial charge in [0.05, 0.1) is 6.61 Å². The Morgan fingerprint density at radius 1 is 1.19 bits per heavy atom. The summed E-state index contributed by atoms with van der Waals surface area (Å²) in [4.78, 5) is 0. The van der Waals surface area contributed by atoms with Gasteiger partial charge in [-0.25, -0.2) is 0 Å². The molecule has 0 radical (unpaired) electrons. The molecule has 0 saturated heterocycles. The Hall–Kier alpha value is -1.06. The molecule has 3 nitrogen and oxygen atoms in total. The molecule has 1 aromatic carbocycles. The van der Waals surface area contributed by atoms with Crippen molar-refractivity contribution in [1.82, 2.24) is 5.32 Å². The molecule has 3 aliphatic rings. The lowest BCUT2D eigenvalue weighted by Gasteiger charge is -2.28. The van der Waals surface area contributed by atoms with E-state index in [1.165, 1.54) is 43.2 Å². The number of nitrogens with one attached hydrogen (secondary N) is 1. The molecule has 114 valence electrons. The van der Waals surface area contributed by atoms with Crippen LogP contribution in [0.15, 0.2) is 18.2 Å². The first kappa shape index (κ1) is 13.6. The lowest BCUT2D eigenvalue weighted by Crippen LogP contribution is -2.48. The van der Waals surface area contributed by atoms with E-state index >= 15 is 0 Å². The summed E-state index contributed by atoms with van der Waals surface area (Å²) in [5, 5.41) is 13.4. The van der Waals surface area contributed by atoms with Gasteiger partial charge < -0.3 is 15.2 Å². The van der Waals surface area contributed by atoms with Crippen LogP contribution in [0.5, 0.6) is 5.75 Å². The first-order valence-electron chi connectivity index (χ1n) is 8.43. The molecular weight excluding hydrogens is 262 g/mol. The zero-order valence-corrected chi connectivity index (χ0v) is 12.6. The van der Waals surface area contributed by atoms with Gasteiger partial charge >= 0.3 is 0 Å². The lowest BCUT2D eigenvalue weighted by atomic mass is 9.98. The van der Waals surface area contributed by atoms with Crippen molar-refractivity contribution in [1.29, 1.82) is 0 Å². The minimum Gasteiger partial charge on any atom is -0.490 e. The molecule has 0 spiro atoms. The SMILES string of the molecule is OCC1(NC2CC2)CCC(Oc2ccc3c(c2)CCC3)C1. The third-order valence-corrected chi connectivity index (χ3v) is 5.33. The third-order valence-electron chi connectivity index (χ3n) is 5.33. The molecule has 0 aromatic heterocycles. The fourth-order valence-corrected chi connectivity index (χ4v) is 3.97. The van der Waals surface area contributed by atoms with Gasteiger partial charge in [0.2, 0.25) is 0 Å². The van der Waals surface area contributed by atoms with Crippen molar-refractivity contribution in [2.24, 2.45) is 0 Å². The van der Waals surface area contributed by atoms with Crippen LogP contribution in [0.25, 0.3) is 0 Å². The molecule has 2 atom stereocenters. The lowest BCUT2D eigenvalue weighted by molar-refractivity contribution is 0.139. The fraction of sp³-hybridized carbons (Fsp3) is 0.667. The van der Waals surface area contributed by atoms with Crippen LogP contribution in [0.1, 0.15) is 49.7 Å². The Balaban J connectivity index is 1.41. The summed E-state index contributed by atoms with van der Waals surface area (Å²) >= 11 is 0. The van der Waals surface area contributed by atoms with Gasteiger partial charge in [-0.3, -0.25) is 0 Å². The fourth-order valence-electron chi connectivity index (χ4n) is 3.97. The predicted octanol–water partition coefficient (Wildman–Crippen LogP) is 2.59. The number of hydrogen-bond acceptors (Lipinski definition) is 3. The Labute approximate surface area is 126 Å². The number of hydrogen-bond donors (Lipinski definition) is 2. The van der Waals surface area contributed by atoms with Crippen LogP contribution in [0.2, 0.25) is 0 Å². The second kappa shape index (κ2) is 5.29. The van der Waals surface area contributed by atoms with Crippen LogP contribution in [0.3, 0.4) is 0 Å². The highest BCUT2D eigenvalue weighted by Gasteiger charge is 2.42. The predicted molar refractivity (Wildman–Crippen MR) is 82.7 cm³/mol. The summed E-state index contributed by atoms with van der Waals surface area (Å²) in [5.74, 6) is 1.01. The second-order valence-corrected chi connectivity index (χ2v) is 7.12. The summed E-state index contributed by atoms with van der Waals surface area (Å²) in [7, 11) is 0. The molecule has 0 aliphatic heterocycles. The average molecular weight is 287 g/mol. The zero-order valence-electron chi connectivity index (χ0n) is 12.6. The topological polar surface area (TPSA) is 41.5 Å². The van der Waals surface area contributed by atoms with Gasteiger partial charge in [0.1, 0.15) is 11.9 Å². The zero-order chi connectivity index (χ0) is 14.3. The number of aliphatic hydroxyl groups excluding tert-OH is 1. The standard InChI is InChI=1S/C18H25NO2/c20-12-18(19-15-5-6-15)9-8-17(11-18)21-16-7-4-13-2-1-3-14(13)10-16/h4,7,10,15,17,19-20H,1-3,5-6,8-9,11-12H2. The Bertz CT molecular complexity index is 526. The highest BCUT2D eigenvalue weighted by atomic mass is 16.5. The second-order valence-electron chi connectivity index (χ2n) is 7.12. The summed E-state index contributed by atoms with van der Waals surface area (Å²) < 4.78 is 6.21. The number of ether oxygens (including phenoxy) is 1. The van der Waals surface area contributed by atoms with Crippen molar-refractivity contribution in [3.8, 4) is 5.75 Å². The maximum absolute atomic E-state index is 9.79. The molecule has 4 rings (SSSR count). The molecular formula is C18H25NO2. The highest BCUT2D eigenvalue weighted by molar-refractivity contribution is 5.38. The number of fused-ring (bicyclic) bond motifs is 1. The van der Waals surface area contributed by atoms with E-state index in [9.17, 15) is 5.11 Å². The Morgan fingerprint density at radius 3 is 2.86 bits per heavy atom. The molecule has 0 amide bonds. The van der Waals surface area contributed by atoms with Crippen molar-refractivity contribution >= 4 is 0 Å². The molecule has 2 saturated carbocycles. The van der Waals surface area contributed by atoms with Gasteiger partial charge in [-0.1, -0.05) is 6.07 Å². The normalized spacial score (nSPS) is 31.4. The van der Waals surface area contributed by atoms with Crippen molar-refractivity contribution < 1.29 is 9.84 Å². The largest absolute Gasteiger partial charge is 0.490 e. The summed E-state index contributed by atoms with van der Waals surface area (Å²) in [6.45, 7) is 0.230. The van der Waals surface area contributed by atoms with Gasteiger partial charge in [-0.05, 0) is 68.2 Å². The van der Waals surface area contributed by atoms with Gasteiger partial charge in [-0.15, -0.1) is 0 Å². The minimum absolute atomic E-state index is 0.0947. The van der Waals surface area contributed by atoms with Crippen LogP contribution >= 0.6 is 0 Å². The van der Waals surface area contributed by atoms with Gasteiger partial charge in [0.15, 0.2) is 0 Å². The number of rotatable bonds is 5. The smallest absolute Gasteiger partial charge is 0.120 e. The van der Waals surface area contributed by atoms with E-state index in [1.807, 2.05) is 0 Å². The van der Waals surface area contributed by atoms with Crippen LogP contribution < -0.4 is 10.1 Å². The molecule has 2 fully saturated rings. The summed E-state index contributed by atoms with van der Waals surface area (Å²) in [5.41, 5.74) is 2.87. The van der Waals surface area contributed by atoms with E-state index in [0.717, 1.165) is 25.0 Å². The van der Waals surface area contributed by atoms with Crippen LogP contribution in [-0.2, 0) is 12.8 Å². The number of aryl methyl sites for hydroxylation is 2. The van der Waals surface area contributed by atoms with Gasteiger partial charge in [0.25, 0.3) is 0 Å². The molecule has 0 bridgehead atoms. The van der Waals surface area contributed by atoms with E-state index in [2.05, 4.69) is 23.5 Å². The van der Waals surface area contributed by atoms with Crippen LogP contribution in [0, 0.1) is 0 Å². The summed E-state index contributed by atoms with van der Waals surface area (Å²) in [6, 6.07) is 7.22. The molecule has 1 aromatic rings. The van der Waals surface area contributed by atoms with E-state index in [-0.39, 0.29) is 18.2 Å². The Morgan fingerprint density at radius 2 is 2.05 bits per heavy atom. The van der Waals surface area contributed by atoms with E-state index in [1.54, 1.807) is 0 Å². The first-order chi connectivity index (χ1) is 10.3. The van der Waals surface area contributed by atoms with Gasteiger partial charge in [-0.2, -0.15) is 0 Å². The van der Waals surface area contributed by atoms with Crippen molar-refractivity contribution in [3.05, 3.63) is 29.3 Å². The van der Waals surface area contributed by atoms with E-state index in [4.69, 9.17) is 4.74 Å². The molecule has 3 heteroatoms. The molecule has 2 unspecified atom stereocenters. The molecule has 3 aliphatic carbocycles. The molecule has 0 heterocycles. The quantitative estimate of drug-likeness (QED) is 0.874. The van der Waals surface area contributed by atoms with Crippen molar-refractivity contribution in [2.75, 3.05) is 6.61 Å². The first-order valence-corrected chi connectivity index (χ1v) is 8.43. The Kier molecular flexibility index (Phi) is 3.43. The van der Waals surface area contributed by atoms with E-state index < -0.39 is 0 Å². The minimum atomic E-state index is -0.0947. The summed E-state index contributed by atoms with van der Waals surface area (Å²) in [6.07, 6.45) is 9.45. The number of aliphatic hydroxyl groups is 1. The van der Waals surface area contributed by atoms with Gasteiger partial charge in [0, 0.05) is 18.0 Å². The third kappa shape index (κ3) is 2.82. The highest BCUT2D eigenvalue weighted by Crippen LogP contribution is 2.36. The molecule has 21 heavy (non-hydrogen) atoms. The monoisotopic (exact) mass is 287 g/mol. The van der Waals surface area contributed by atoms with Crippen LogP contribution in [0.4, 0.5) is 0 Å². The molecule has 2 N–H and O–H groups in total.